The lowest BCUT2D eigenvalue weighted by Gasteiger charge is -2.29. The molecule has 0 radical (unpaired) electrons. The molecule has 4 amide bonds. The number of aryl methyl sites for hydroxylation is 1. The maximum Gasteiger partial charge on any atom is 0.331 e. The third-order valence-corrected chi connectivity index (χ3v) is 9.07. The van der Waals surface area contributed by atoms with Gasteiger partial charge in [-0.15, -0.1) is 11.3 Å². The molecular weight excluding hydrogens is 590 g/mol. The van der Waals surface area contributed by atoms with Crippen molar-refractivity contribution in [3.63, 3.8) is 0 Å². The van der Waals surface area contributed by atoms with Crippen molar-refractivity contribution in [1.82, 2.24) is 20.6 Å². The molecular formula is C33H39N7O4S. The van der Waals surface area contributed by atoms with Crippen LogP contribution in [0.15, 0.2) is 36.2 Å². The van der Waals surface area contributed by atoms with Gasteiger partial charge in [-0.25, -0.2) is 9.78 Å². The molecule has 4 heterocycles. The minimum atomic E-state index is -0.775. The number of nitriles is 1. The molecule has 0 spiro atoms. The van der Waals surface area contributed by atoms with Gasteiger partial charge in [0.1, 0.15) is 21.3 Å². The van der Waals surface area contributed by atoms with Gasteiger partial charge >= 0.3 is 6.03 Å². The van der Waals surface area contributed by atoms with Gasteiger partial charge in [0.2, 0.25) is 0 Å². The van der Waals surface area contributed by atoms with E-state index in [1.165, 1.54) is 17.4 Å². The molecule has 0 unspecified atom stereocenters. The van der Waals surface area contributed by atoms with Gasteiger partial charge in [0.25, 0.3) is 11.8 Å². The maximum absolute atomic E-state index is 13.7. The molecule has 5 rings (SSSR count). The normalized spacial score (nSPS) is 18.2. The fourth-order valence-corrected chi connectivity index (χ4v) is 7.07. The molecule has 12 heteroatoms. The number of carbonyl (C=O) groups is 3. The van der Waals surface area contributed by atoms with Crippen LogP contribution in [0.4, 0.5) is 21.9 Å². The van der Waals surface area contributed by atoms with E-state index in [2.05, 4.69) is 39.8 Å². The van der Waals surface area contributed by atoms with Crippen LogP contribution in [0.25, 0.3) is 10.2 Å². The second kappa shape index (κ2) is 12.9. The summed E-state index contributed by atoms with van der Waals surface area (Å²) in [4.78, 5) is 52.0. The van der Waals surface area contributed by atoms with E-state index in [4.69, 9.17) is 4.74 Å². The highest BCUT2D eigenvalue weighted by Gasteiger charge is 2.36. The van der Waals surface area contributed by atoms with Crippen LogP contribution in [0, 0.1) is 24.2 Å². The van der Waals surface area contributed by atoms with Crippen molar-refractivity contribution in [3.05, 3.63) is 52.3 Å². The van der Waals surface area contributed by atoms with Gasteiger partial charge in [-0.05, 0) is 83.1 Å². The van der Waals surface area contributed by atoms with E-state index >= 15 is 0 Å². The first kappa shape index (κ1) is 32.1. The number of anilines is 3. The van der Waals surface area contributed by atoms with Crippen molar-refractivity contribution in [2.45, 2.75) is 84.9 Å². The average Bonchev–Trinajstić information content (AvgIpc) is 3.57. The van der Waals surface area contributed by atoms with Crippen LogP contribution >= 0.6 is 11.3 Å². The summed E-state index contributed by atoms with van der Waals surface area (Å²) in [6, 6.07) is 4.67. The second-order valence-corrected chi connectivity index (χ2v) is 13.4. The Kier molecular flexibility index (Phi) is 9.23. The molecule has 0 aromatic carbocycles. The van der Waals surface area contributed by atoms with Crippen LogP contribution < -0.4 is 20.9 Å². The fraction of sp³-hybridized carbons (Fsp3) is 0.455. The highest BCUT2D eigenvalue weighted by Crippen LogP contribution is 2.46. The maximum atomic E-state index is 13.7. The molecule has 11 nitrogen and oxygen atoms in total. The quantitative estimate of drug-likeness (QED) is 0.186. The summed E-state index contributed by atoms with van der Waals surface area (Å²) in [5, 5.41) is 19.3. The number of aromatic nitrogens is 2. The number of ether oxygens (including phenoxy) is 1. The number of thiophene rings is 1. The van der Waals surface area contributed by atoms with E-state index in [0.29, 0.717) is 57.5 Å². The van der Waals surface area contributed by atoms with Crippen LogP contribution in [0.2, 0.25) is 0 Å². The Hall–Kier alpha value is -4.34. The molecule has 3 aromatic heterocycles. The molecule has 45 heavy (non-hydrogen) atoms. The first-order valence-corrected chi connectivity index (χ1v) is 16.1. The molecule has 0 bridgehead atoms. The Balaban J connectivity index is 1.38. The van der Waals surface area contributed by atoms with Crippen LogP contribution in [-0.4, -0.2) is 52.1 Å². The Morgan fingerprint density at radius 2 is 1.98 bits per heavy atom. The number of hydrogen-bond donors (Lipinski definition) is 3. The number of pyridine rings is 2. The zero-order valence-electron chi connectivity index (χ0n) is 26.5. The number of hydrogen-bond acceptors (Lipinski definition) is 8. The number of amides is 4. The third kappa shape index (κ3) is 6.70. The van der Waals surface area contributed by atoms with Crippen molar-refractivity contribution in [1.29, 1.82) is 5.26 Å². The summed E-state index contributed by atoms with van der Waals surface area (Å²) in [5.41, 5.74) is 2.79. The highest BCUT2D eigenvalue weighted by molar-refractivity contribution is 7.21. The molecule has 236 valence electrons. The third-order valence-electron chi connectivity index (χ3n) is 7.97. The predicted octanol–water partition coefficient (Wildman–Crippen LogP) is 5.91. The molecule has 1 aliphatic carbocycles. The highest BCUT2D eigenvalue weighted by atomic mass is 32.1. The van der Waals surface area contributed by atoms with Gasteiger partial charge in [-0.1, -0.05) is 13.8 Å². The number of nitrogens with zero attached hydrogens (tertiary/aromatic N) is 4. The molecule has 3 N–H and O–H groups in total. The number of urea groups is 1. The van der Waals surface area contributed by atoms with Gasteiger partial charge < -0.3 is 20.7 Å². The summed E-state index contributed by atoms with van der Waals surface area (Å²) in [6.45, 7) is 12.1. The molecule has 1 fully saturated rings. The van der Waals surface area contributed by atoms with E-state index in [9.17, 15) is 19.6 Å². The van der Waals surface area contributed by atoms with Crippen LogP contribution in [0.5, 0.6) is 0 Å². The van der Waals surface area contributed by atoms with E-state index in [0.717, 1.165) is 24.1 Å². The first-order valence-electron chi connectivity index (χ1n) is 15.3. The zero-order chi connectivity index (χ0) is 32.5. The second-order valence-electron chi connectivity index (χ2n) is 12.4. The van der Waals surface area contributed by atoms with Gasteiger partial charge in [-0.3, -0.25) is 19.5 Å². The van der Waals surface area contributed by atoms with Gasteiger partial charge in [-0.2, -0.15) is 5.26 Å². The Labute approximate surface area is 267 Å². The molecule has 3 aromatic rings. The van der Waals surface area contributed by atoms with E-state index in [1.807, 2.05) is 26.0 Å². The summed E-state index contributed by atoms with van der Waals surface area (Å²) in [6.07, 6.45) is 7.84. The number of carbonyl (C=O) groups excluding carboxylic acids is 3. The summed E-state index contributed by atoms with van der Waals surface area (Å²) in [7, 11) is 0. The van der Waals surface area contributed by atoms with Crippen LogP contribution in [0.1, 0.15) is 74.8 Å². The zero-order valence-corrected chi connectivity index (χ0v) is 27.3. The average molecular weight is 630 g/mol. The number of nitrogens with one attached hydrogen (secondary N) is 3. The summed E-state index contributed by atoms with van der Waals surface area (Å²) < 4.78 is 5.62. The summed E-state index contributed by atoms with van der Waals surface area (Å²) in [5.74, 6) is -0.403. The van der Waals surface area contributed by atoms with Crippen molar-refractivity contribution in [2.75, 3.05) is 16.8 Å². The van der Waals surface area contributed by atoms with E-state index < -0.39 is 11.5 Å². The van der Waals surface area contributed by atoms with Crippen LogP contribution in [-0.2, 0) is 16.0 Å². The molecule has 1 aliphatic heterocycles. The van der Waals surface area contributed by atoms with Crippen molar-refractivity contribution < 1.29 is 19.1 Å². The monoisotopic (exact) mass is 629 g/mol. The van der Waals surface area contributed by atoms with Gasteiger partial charge in [0.05, 0.1) is 34.2 Å². The van der Waals surface area contributed by atoms with Crippen molar-refractivity contribution in [3.8, 4) is 6.07 Å². The van der Waals surface area contributed by atoms with Crippen molar-refractivity contribution in [2.24, 2.45) is 5.92 Å². The molecule has 2 atom stereocenters. The summed E-state index contributed by atoms with van der Waals surface area (Å²) >= 11 is 1.21. The Morgan fingerprint density at radius 1 is 1.24 bits per heavy atom. The lowest BCUT2D eigenvalue weighted by atomic mass is 10.0. The Morgan fingerprint density at radius 3 is 2.64 bits per heavy atom. The topological polar surface area (TPSA) is 149 Å². The molecule has 2 aliphatic rings. The SMILES string of the molecule is CCOC(C)(C)/C=C(\C#N)C(=O)N[C@H]1CCC[C@H]1NC(=O)c1sc2nccc3c2c1NC(=O)N3c1cnc(CC(C)C)cc1C. The largest absolute Gasteiger partial charge is 0.372 e. The number of rotatable bonds is 10. The van der Waals surface area contributed by atoms with E-state index in [1.54, 1.807) is 37.2 Å². The predicted molar refractivity (Wildman–Crippen MR) is 175 cm³/mol. The smallest absolute Gasteiger partial charge is 0.331 e. The lowest BCUT2D eigenvalue weighted by Crippen LogP contribution is -2.49. The fourth-order valence-electron chi connectivity index (χ4n) is 6.05. The Bertz CT molecular complexity index is 1720. The molecule has 0 saturated heterocycles. The lowest BCUT2D eigenvalue weighted by molar-refractivity contribution is -0.118. The van der Waals surface area contributed by atoms with Crippen molar-refractivity contribution >= 4 is 56.5 Å². The minimum absolute atomic E-state index is 0.0368. The first-order chi connectivity index (χ1) is 21.4. The molecule has 1 saturated carbocycles. The van der Waals surface area contributed by atoms with Gasteiger partial charge in [0, 0.05) is 30.6 Å². The minimum Gasteiger partial charge on any atom is -0.372 e. The standard InChI is InChI=1S/C33H39N7O4S/c1-7-44-33(5,6)15-20(16-34)29(41)37-22-9-8-10-23(22)38-30(42)28-27-26-24(11-12-35-31(26)45-28)40(32(43)39-27)25-17-36-21(13-18(2)3)14-19(25)4/h11-12,14-15,17-18,22-23H,7-10,13H2,1-6H3,(H,37,41)(H,38,42)(H,39,43)/b20-15+/t22-,23+/m0/s1. The van der Waals surface area contributed by atoms with Crippen LogP contribution in [0.3, 0.4) is 0 Å². The van der Waals surface area contributed by atoms with E-state index in [-0.39, 0.29) is 29.6 Å². The van der Waals surface area contributed by atoms with Gasteiger partial charge in [0.15, 0.2) is 0 Å².